The van der Waals surface area contributed by atoms with E-state index < -0.39 is 5.91 Å². The summed E-state index contributed by atoms with van der Waals surface area (Å²) in [4.78, 5) is 27.9. The molecule has 3 aromatic rings. The molecular formula is C26H29ClN4O4. The van der Waals surface area contributed by atoms with Crippen LogP contribution in [0.1, 0.15) is 32.7 Å². The van der Waals surface area contributed by atoms with E-state index >= 15 is 0 Å². The van der Waals surface area contributed by atoms with Crippen molar-refractivity contribution in [1.82, 2.24) is 5.32 Å². The molecule has 1 amide bonds. The lowest BCUT2D eigenvalue weighted by molar-refractivity contribution is 0.102. The second-order valence-electron chi connectivity index (χ2n) is 8.07. The van der Waals surface area contributed by atoms with Crippen LogP contribution in [0.3, 0.4) is 0 Å². The molecule has 0 aliphatic carbocycles. The number of hydrogen-bond donors (Lipinski definition) is 4. The largest absolute Gasteiger partial charge is 0.505 e. The second kappa shape index (κ2) is 11.6. The highest BCUT2D eigenvalue weighted by Crippen LogP contribution is 2.34. The van der Waals surface area contributed by atoms with E-state index in [0.717, 1.165) is 38.3 Å². The number of ether oxygens (including phenoxy) is 1. The Kier molecular flexibility index (Phi) is 8.57. The predicted molar refractivity (Wildman–Crippen MR) is 140 cm³/mol. The fourth-order valence-electron chi connectivity index (χ4n) is 3.92. The summed E-state index contributed by atoms with van der Waals surface area (Å²) in [6.07, 6.45) is 1.06. The molecular weight excluding hydrogens is 468 g/mol. The van der Waals surface area contributed by atoms with Crippen molar-refractivity contribution in [1.29, 1.82) is 0 Å². The first kappa shape index (κ1) is 25.9. The second-order valence-corrected chi connectivity index (χ2v) is 8.07. The quantitative estimate of drug-likeness (QED) is 0.233. The number of benzene rings is 3. The maximum atomic E-state index is 13.0. The van der Waals surface area contributed by atoms with Gasteiger partial charge in [-0.3, -0.25) is 9.59 Å². The molecule has 4 rings (SSSR count). The van der Waals surface area contributed by atoms with Gasteiger partial charge in [-0.2, -0.15) is 0 Å². The molecule has 1 fully saturated rings. The Morgan fingerprint density at radius 1 is 0.971 bits per heavy atom. The average Bonchev–Trinajstić information content (AvgIpc) is 3.16. The van der Waals surface area contributed by atoms with Gasteiger partial charge in [-0.1, -0.05) is 0 Å². The molecule has 0 saturated carbocycles. The molecule has 1 heterocycles. The number of nitrogen functional groups attached to an aromatic ring is 1. The van der Waals surface area contributed by atoms with Gasteiger partial charge in [-0.25, -0.2) is 0 Å². The maximum absolute atomic E-state index is 13.0. The van der Waals surface area contributed by atoms with E-state index in [2.05, 4.69) is 15.5 Å². The summed E-state index contributed by atoms with van der Waals surface area (Å²) in [7, 11) is 1.54. The highest BCUT2D eigenvalue weighted by molar-refractivity contribution is 6.13. The molecule has 35 heavy (non-hydrogen) atoms. The van der Waals surface area contributed by atoms with E-state index in [4.69, 9.17) is 10.5 Å². The number of nitrogens with two attached hydrogens (primary N) is 1. The minimum Gasteiger partial charge on any atom is -0.505 e. The van der Waals surface area contributed by atoms with Gasteiger partial charge in [0.05, 0.1) is 24.0 Å². The summed E-state index contributed by atoms with van der Waals surface area (Å²) < 4.78 is 5.09. The summed E-state index contributed by atoms with van der Waals surface area (Å²) in [6, 6.07) is 16.9. The molecule has 8 nitrogen and oxygen atoms in total. The van der Waals surface area contributed by atoms with Gasteiger partial charge < -0.3 is 31.1 Å². The number of hydrogen-bond acceptors (Lipinski definition) is 7. The van der Waals surface area contributed by atoms with Crippen molar-refractivity contribution in [3.8, 4) is 11.5 Å². The van der Waals surface area contributed by atoms with Crippen molar-refractivity contribution in [3.05, 3.63) is 77.4 Å². The minimum atomic E-state index is -0.396. The normalized spacial score (nSPS) is 13.3. The number of amides is 1. The van der Waals surface area contributed by atoms with Crippen molar-refractivity contribution in [2.45, 2.75) is 6.42 Å². The lowest BCUT2D eigenvalue weighted by Crippen LogP contribution is -2.27. The standard InChI is InChI=1S/C26H28N4O4.ClH/c1-34-20-9-5-18(6-10-20)26(33)29-22-12-11-21(25(32)23(22)27)24(31)17-3-7-19(8-4-17)30-15-2-13-28-14-16-30;/h3-12,28,32H,2,13-16,27H2,1H3,(H,29,33);1H. The van der Waals surface area contributed by atoms with Gasteiger partial charge in [0.25, 0.3) is 5.91 Å². The molecule has 1 aliphatic rings. The van der Waals surface area contributed by atoms with Crippen molar-refractivity contribution in [3.63, 3.8) is 0 Å². The number of phenolic OH excluding ortho intramolecular Hbond substituents is 1. The van der Waals surface area contributed by atoms with Crippen LogP contribution in [-0.2, 0) is 0 Å². The number of anilines is 3. The molecule has 0 spiro atoms. The Hall–Kier alpha value is -3.75. The monoisotopic (exact) mass is 496 g/mol. The Labute approximate surface area is 210 Å². The number of nitrogens with one attached hydrogen (secondary N) is 2. The van der Waals surface area contributed by atoms with Gasteiger partial charge in [0.2, 0.25) is 0 Å². The molecule has 0 bridgehead atoms. The number of rotatable bonds is 6. The van der Waals surface area contributed by atoms with Crippen molar-refractivity contribution in [2.24, 2.45) is 0 Å². The summed E-state index contributed by atoms with van der Waals surface area (Å²) in [5.41, 5.74) is 8.19. The molecule has 3 aromatic carbocycles. The predicted octanol–water partition coefficient (Wildman–Crippen LogP) is 3.69. The number of carbonyl (C=O) groups is 2. The molecule has 0 atom stereocenters. The lowest BCUT2D eigenvalue weighted by atomic mass is 10.0. The van der Waals surface area contributed by atoms with Crippen LogP contribution in [0, 0.1) is 0 Å². The molecule has 0 unspecified atom stereocenters. The summed E-state index contributed by atoms with van der Waals surface area (Å²) in [5.74, 6) is -0.471. The van der Waals surface area contributed by atoms with Crippen LogP contribution in [-0.4, -0.2) is 50.1 Å². The first-order valence-electron chi connectivity index (χ1n) is 11.1. The zero-order valence-electron chi connectivity index (χ0n) is 19.4. The number of halogens is 1. The summed E-state index contributed by atoms with van der Waals surface area (Å²) >= 11 is 0. The third-order valence-electron chi connectivity index (χ3n) is 5.90. The van der Waals surface area contributed by atoms with Crippen LogP contribution < -0.4 is 26.0 Å². The number of nitrogens with zero attached hydrogens (tertiary/aromatic N) is 1. The van der Waals surface area contributed by atoms with E-state index in [1.807, 2.05) is 12.1 Å². The highest BCUT2D eigenvalue weighted by Gasteiger charge is 2.19. The van der Waals surface area contributed by atoms with Crippen LogP contribution in [0.15, 0.2) is 60.7 Å². The molecule has 0 aromatic heterocycles. The fraction of sp³-hybridized carbons (Fsp3) is 0.231. The zero-order chi connectivity index (χ0) is 24.1. The number of methoxy groups -OCH3 is 1. The van der Waals surface area contributed by atoms with E-state index in [0.29, 0.717) is 16.9 Å². The van der Waals surface area contributed by atoms with Gasteiger partial charge in [0.15, 0.2) is 11.5 Å². The minimum absolute atomic E-state index is 0. The SMILES string of the molecule is COc1ccc(C(=O)Nc2ccc(C(=O)c3ccc(N4CCCNCC4)cc3)c(O)c2N)cc1.Cl. The van der Waals surface area contributed by atoms with Gasteiger partial charge in [0.1, 0.15) is 5.75 Å². The van der Waals surface area contributed by atoms with E-state index in [1.54, 1.807) is 43.5 Å². The number of aromatic hydroxyl groups is 1. The number of carbonyl (C=O) groups excluding carboxylic acids is 2. The van der Waals surface area contributed by atoms with Gasteiger partial charge in [-0.05, 0) is 73.6 Å². The summed E-state index contributed by atoms with van der Waals surface area (Å²) in [6.45, 7) is 3.80. The molecule has 1 aliphatic heterocycles. The van der Waals surface area contributed by atoms with E-state index in [9.17, 15) is 14.7 Å². The van der Waals surface area contributed by atoms with Crippen molar-refractivity contribution < 1.29 is 19.4 Å². The molecule has 1 saturated heterocycles. The smallest absolute Gasteiger partial charge is 0.255 e. The average molecular weight is 497 g/mol. The summed E-state index contributed by atoms with van der Waals surface area (Å²) in [5, 5.41) is 16.7. The third kappa shape index (κ3) is 5.85. The Morgan fingerprint density at radius 3 is 2.34 bits per heavy atom. The third-order valence-corrected chi connectivity index (χ3v) is 5.90. The topological polar surface area (TPSA) is 117 Å². The fourth-order valence-corrected chi connectivity index (χ4v) is 3.92. The lowest BCUT2D eigenvalue weighted by Gasteiger charge is -2.22. The Morgan fingerprint density at radius 2 is 1.66 bits per heavy atom. The van der Waals surface area contributed by atoms with E-state index in [-0.39, 0.29) is 40.9 Å². The van der Waals surface area contributed by atoms with Crippen LogP contribution >= 0.6 is 12.4 Å². The highest BCUT2D eigenvalue weighted by atomic mass is 35.5. The van der Waals surface area contributed by atoms with Crippen LogP contribution in [0.4, 0.5) is 17.1 Å². The number of ketones is 1. The van der Waals surface area contributed by atoms with Gasteiger partial charge in [0, 0.05) is 36.4 Å². The van der Waals surface area contributed by atoms with Crippen LogP contribution in [0.5, 0.6) is 11.5 Å². The zero-order valence-corrected chi connectivity index (χ0v) is 20.2. The van der Waals surface area contributed by atoms with Gasteiger partial charge in [-0.15, -0.1) is 12.4 Å². The Balaban J connectivity index is 0.00000342. The molecule has 9 heteroatoms. The first-order valence-corrected chi connectivity index (χ1v) is 11.1. The Bertz CT molecular complexity index is 1180. The van der Waals surface area contributed by atoms with Crippen LogP contribution in [0.2, 0.25) is 0 Å². The van der Waals surface area contributed by atoms with Gasteiger partial charge >= 0.3 is 0 Å². The van der Waals surface area contributed by atoms with Crippen molar-refractivity contribution in [2.75, 3.05) is 49.2 Å². The number of phenols is 1. The van der Waals surface area contributed by atoms with Crippen molar-refractivity contribution >= 4 is 41.2 Å². The maximum Gasteiger partial charge on any atom is 0.255 e. The van der Waals surface area contributed by atoms with Crippen LogP contribution in [0.25, 0.3) is 0 Å². The van der Waals surface area contributed by atoms with E-state index in [1.165, 1.54) is 12.1 Å². The molecule has 5 N–H and O–H groups in total. The molecule has 0 radical (unpaired) electrons. The molecule has 184 valence electrons. The first-order chi connectivity index (χ1) is 16.5.